The van der Waals surface area contributed by atoms with Gasteiger partial charge in [-0.25, -0.2) is 12.8 Å². The number of carbonyl (C=O) groups excluding carboxylic acids is 1. The number of sulfonamides is 1. The average Bonchev–Trinajstić information content (AvgIpc) is 2.65. The van der Waals surface area contributed by atoms with Crippen molar-refractivity contribution in [2.45, 2.75) is 11.8 Å². The van der Waals surface area contributed by atoms with E-state index in [2.05, 4.69) is 26.0 Å². The number of nitrogens with one attached hydrogen (secondary N) is 2. The van der Waals surface area contributed by atoms with Crippen LogP contribution in [0.4, 0.5) is 15.8 Å². The third-order valence-corrected chi connectivity index (χ3v) is 5.84. The van der Waals surface area contributed by atoms with E-state index in [0.717, 1.165) is 0 Å². The first-order chi connectivity index (χ1) is 13.3. The summed E-state index contributed by atoms with van der Waals surface area (Å²) in [6.45, 7) is 1.74. The van der Waals surface area contributed by atoms with Crippen LogP contribution in [0.5, 0.6) is 0 Å². The van der Waals surface area contributed by atoms with Crippen LogP contribution in [0, 0.1) is 12.7 Å². The third-order valence-electron chi connectivity index (χ3n) is 3.97. The van der Waals surface area contributed by atoms with Crippen molar-refractivity contribution >= 4 is 43.2 Å². The van der Waals surface area contributed by atoms with Gasteiger partial charge < -0.3 is 5.32 Å². The molecule has 0 saturated carbocycles. The molecule has 0 spiro atoms. The Labute approximate surface area is 170 Å². The van der Waals surface area contributed by atoms with Crippen LogP contribution in [0.1, 0.15) is 15.9 Å². The summed E-state index contributed by atoms with van der Waals surface area (Å²) in [6.07, 6.45) is 0. The van der Waals surface area contributed by atoms with E-state index in [0.29, 0.717) is 21.4 Å². The van der Waals surface area contributed by atoms with Crippen molar-refractivity contribution < 1.29 is 17.6 Å². The number of benzene rings is 3. The van der Waals surface area contributed by atoms with E-state index in [1.165, 1.54) is 30.3 Å². The molecule has 0 bridgehead atoms. The molecule has 0 atom stereocenters. The number of hydrogen-bond acceptors (Lipinski definition) is 3. The SMILES string of the molecule is Cc1ccc(NC(=O)c2ccc(Br)cc2F)cc1NS(=O)(=O)c1ccccc1. The molecular formula is C20H16BrFN2O3S. The van der Waals surface area contributed by atoms with Gasteiger partial charge in [-0.15, -0.1) is 0 Å². The number of halogens is 2. The highest BCUT2D eigenvalue weighted by molar-refractivity contribution is 9.10. The summed E-state index contributed by atoms with van der Waals surface area (Å²) in [4.78, 5) is 12.5. The molecular weight excluding hydrogens is 447 g/mol. The van der Waals surface area contributed by atoms with E-state index >= 15 is 0 Å². The second-order valence-corrected chi connectivity index (χ2v) is 8.62. The molecule has 0 unspecified atom stereocenters. The molecule has 0 saturated heterocycles. The number of carbonyl (C=O) groups is 1. The molecule has 0 fully saturated rings. The maximum Gasteiger partial charge on any atom is 0.261 e. The Bertz CT molecular complexity index is 1140. The molecule has 0 aliphatic heterocycles. The summed E-state index contributed by atoms with van der Waals surface area (Å²) >= 11 is 3.14. The van der Waals surface area contributed by atoms with Crippen LogP contribution < -0.4 is 10.0 Å². The molecule has 28 heavy (non-hydrogen) atoms. The fraction of sp³-hybridized carbons (Fsp3) is 0.0500. The fourth-order valence-electron chi connectivity index (χ4n) is 2.49. The summed E-state index contributed by atoms with van der Waals surface area (Å²) < 4.78 is 42.1. The fourth-order valence-corrected chi connectivity index (χ4v) is 3.96. The molecule has 0 aliphatic rings. The zero-order valence-corrected chi connectivity index (χ0v) is 17.1. The Hall–Kier alpha value is -2.71. The van der Waals surface area contributed by atoms with E-state index in [-0.39, 0.29) is 10.5 Å². The Kier molecular flexibility index (Phi) is 5.81. The van der Waals surface area contributed by atoms with Crippen LogP contribution in [-0.2, 0) is 10.0 Å². The first-order valence-corrected chi connectivity index (χ1v) is 10.5. The Morgan fingerprint density at radius 2 is 1.71 bits per heavy atom. The molecule has 2 N–H and O–H groups in total. The van der Waals surface area contributed by atoms with Crippen molar-refractivity contribution in [3.63, 3.8) is 0 Å². The van der Waals surface area contributed by atoms with Crippen LogP contribution in [0.2, 0.25) is 0 Å². The highest BCUT2D eigenvalue weighted by atomic mass is 79.9. The van der Waals surface area contributed by atoms with Gasteiger partial charge in [-0.2, -0.15) is 0 Å². The maximum atomic E-state index is 14.0. The maximum absolute atomic E-state index is 14.0. The van der Waals surface area contributed by atoms with Crippen molar-refractivity contribution in [3.8, 4) is 0 Å². The minimum absolute atomic E-state index is 0.116. The van der Waals surface area contributed by atoms with E-state index in [1.807, 2.05) is 0 Å². The third kappa shape index (κ3) is 4.58. The van der Waals surface area contributed by atoms with Gasteiger partial charge in [0.2, 0.25) is 0 Å². The lowest BCUT2D eigenvalue weighted by Crippen LogP contribution is -2.16. The van der Waals surface area contributed by atoms with Gasteiger partial charge in [0.1, 0.15) is 5.82 Å². The quantitative estimate of drug-likeness (QED) is 0.563. The number of amides is 1. The second-order valence-electron chi connectivity index (χ2n) is 6.03. The van der Waals surface area contributed by atoms with Gasteiger partial charge in [0.05, 0.1) is 16.1 Å². The largest absolute Gasteiger partial charge is 0.322 e. The monoisotopic (exact) mass is 462 g/mol. The Morgan fingerprint density at radius 3 is 2.39 bits per heavy atom. The van der Waals surface area contributed by atoms with Crippen LogP contribution in [-0.4, -0.2) is 14.3 Å². The van der Waals surface area contributed by atoms with Gasteiger partial charge in [-0.3, -0.25) is 9.52 Å². The molecule has 8 heteroatoms. The summed E-state index contributed by atoms with van der Waals surface area (Å²) in [5.41, 5.74) is 1.21. The highest BCUT2D eigenvalue weighted by Crippen LogP contribution is 2.24. The average molecular weight is 463 g/mol. The minimum atomic E-state index is -3.77. The van der Waals surface area contributed by atoms with E-state index < -0.39 is 21.7 Å². The standard InChI is InChI=1S/C20H16BrFN2O3S/c1-13-7-9-15(23-20(25)17-10-8-14(21)11-18(17)22)12-19(13)24-28(26,27)16-5-3-2-4-6-16/h2-12,24H,1H3,(H,23,25). The zero-order valence-electron chi connectivity index (χ0n) is 14.7. The predicted octanol–water partition coefficient (Wildman–Crippen LogP) is 4.95. The molecule has 0 radical (unpaired) electrons. The van der Waals surface area contributed by atoms with Gasteiger partial charge in [0.15, 0.2) is 0 Å². The highest BCUT2D eigenvalue weighted by Gasteiger charge is 2.16. The first-order valence-electron chi connectivity index (χ1n) is 8.21. The minimum Gasteiger partial charge on any atom is -0.322 e. The zero-order chi connectivity index (χ0) is 20.3. The summed E-state index contributed by atoms with van der Waals surface area (Å²) in [6, 6.07) is 16.8. The lowest BCUT2D eigenvalue weighted by molar-refractivity contribution is 0.102. The number of hydrogen-bond donors (Lipinski definition) is 2. The van der Waals surface area contributed by atoms with Crippen molar-refractivity contribution in [1.82, 2.24) is 0 Å². The topological polar surface area (TPSA) is 75.3 Å². The molecule has 3 rings (SSSR count). The summed E-state index contributed by atoms with van der Waals surface area (Å²) in [5.74, 6) is -1.30. The van der Waals surface area contributed by atoms with E-state index in [1.54, 1.807) is 43.3 Å². The number of rotatable bonds is 5. The van der Waals surface area contributed by atoms with Crippen LogP contribution in [0.25, 0.3) is 0 Å². The van der Waals surface area contributed by atoms with Crippen LogP contribution in [0.3, 0.4) is 0 Å². The van der Waals surface area contributed by atoms with Gasteiger partial charge in [0, 0.05) is 10.2 Å². The first kappa shape index (κ1) is 20.0. The van der Waals surface area contributed by atoms with E-state index in [4.69, 9.17) is 0 Å². The molecule has 3 aromatic carbocycles. The second kappa shape index (κ2) is 8.12. The predicted molar refractivity (Wildman–Crippen MR) is 110 cm³/mol. The number of aryl methyl sites for hydroxylation is 1. The van der Waals surface area contributed by atoms with Crippen molar-refractivity contribution in [2.75, 3.05) is 10.0 Å². The van der Waals surface area contributed by atoms with Crippen LogP contribution >= 0.6 is 15.9 Å². The lowest BCUT2D eigenvalue weighted by atomic mass is 10.1. The van der Waals surface area contributed by atoms with Crippen molar-refractivity contribution in [3.05, 3.63) is 88.1 Å². The molecule has 1 amide bonds. The van der Waals surface area contributed by atoms with Gasteiger partial charge in [0.25, 0.3) is 15.9 Å². The molecule has 0 heterocycles. The smallest absolute Gasteiger partial charge is 0.261 e. The van der Waals surface area contributed by atoms with Crippen LogP contribution in [0.15, 0.2) is 76.1 Å². The number of anilines is 2. The lowest BCUT2D eigenvalue weighted by Gasteiger charge is -2.13. The summed E-state index contributed by atoms with van der Waals surface area (Å²) in [7, 11) is -3.77. The van der Waals surface area contributed by atoms with Crippen molar-refractivity contribution in [2.24, 2.45) is 0 Å². The molecule has 5 nitrogen and oxygen atoms in total. The molecule has 144 valence electrons. The Morgan fingerprint density at radius 1 is 1.00 bits per heavy atom. The molecule has 0 aromatic heterocycles. The molecule has 0 aliphatic carbocycles. The van der Waals surface area contributed by atoms with Gasteiger partial charge in [-0.1, -0.05) is 40.2 Å². The van der Waals surface area contributed by atoms with Crippen molar-refractivity contribution in [1.29, 1.82) is 0 Å². The molecule has 3 aromatic rings. The Balaban J connectivity index is 1.84. The summed E-state index contributed by atoms with van der Waals surface area (Å²) in [5, 5.41) is 2.58. The normalized spacial score (nSPS) is 11.1. The van der Waals surface area contributed by atoms with E-state index in [9.17, 15) is 17.6 Å². The van der Waals surface area contributed by atoms with Gasteiger partial charge >= 0.3 is 0 Å². The van der Waals surface area contributed by atoms with Gasteiger partial charge in [-0.05, 0) is 55.0 Å².